The van der Waals surface area contributed by atoms with Gasteiger partial charge in [-0.05, 0) is 49.5 Å². The van der Waals surface area contributed by atoms with E-state index in [-0.39, 0.29) is 17.5 Å². The maximum Gasteiger partial charge on any atom is 0.330 e. The Morgan fingerprint density at radius 1 is 1.38 bits per heavy atom. The molecule has 2 rings (SSSR count). The Morgan fingerprint density at radius 3 is 2.71 bits per heavy atom. The van der Waals surface area contributed by atoms with E-state index < -0.39 is 10.9 Å². The Balaban J connectivity index is 2.23. The second-order valence-corrected chi connectivity index (χ2v) is 4.87. The Hall–Kier alpha value is -2.37. The van der Waals surface area contributed by atoms with Gasteiger partial charge in [0.2, 0.25) is 0 Å². The summed E-state index contributed by atoms with van der Waals surface area (Å²) in [5, 5.41) is 11.1. The molecule has 6 heteroatoms. The molecule has 0 spiro atoms. The summed E-state index contributed by atoms with van der Waals surface area (Å²) < 4.78 is 10.3. The second kappa shape index (κ2) is 6.88. The van der Waals surface area contributed by atoms with Crippen molar-refractivity contribution in [1.82, 2.24) is 0 Å². The van der Waals surface area contributed by atoms with E-state index in [0.29, 0.717) is 5.56 Å². The number of ether oxygens (including phenoxy) is 2. The molecule has 0 unspecified atom stereocenters. The van der Waals surface area contributed by atoms with Crippen LogP contribution in [0.25, 0.3) is 6.08 Å². The van der Waals surface area contributed by atoms with Gasteiger partial charge in [0.25, 0.3) is 0 Å². The quantitative estimate of drug-likeness (QED) is 0.360. The first-order chi connectivity index (χ1) is 10.1. The lowest BCUT2D eigenvalue weighted by Gasteiger charge is -2.13. The van der Waals surface area contributed by atoms with E-state index in [1.807, 2.05) is 0 Å². The predicted molar refractivity (Wildman–Crippen MR) is 77.0 cm³/mol. The molecule has 0 bridgehead atoms. The van der Waals surface area contributed by atoms with E-state index in [0.717, 1.165) is 25.7 Å². The SMILES string of the molecule is COC(=O)/C=C/c1ccc([N+](=O)[O-])c(OC2CCCC2)c1. The van der Waals surface area contributed by atoms with E-state index in [9.17, 15) is 14.9 Å². The summed E-state index contributed by atoms with van der Waals surface area (Å²) in [6, 6.07) is 4.54. The third kappa shape index (κ3) is 4.05. The van der Waals surface area contributed by atoms with E-state index >= 15 is 0 Å². The van der Waals surface area contributed by atoms with Crippen molar-refractivity contribution in [2.24, 2.45) is 0 Å². The molecule has 0 saturated heterocycles. The lowest BCUT2D eigenvalue weighted by atomic mass is 10.1. The third-order valence-electron chi connectivity index (χ3n) is 3.39. The van der Waals surface area contributed by atoms with Crippen molar-refractivity contribution < 1.29 is 19.2 Å². The fourth-order valence-electron chi connectivity index (χ4n) is 2.30. The number of nitrogens with zero attached hydrogens (tertiary/aromatic N) is 1. The number of carbonyl (C=O) groups excluding carboxylic acids is 1. The van der Waals surface area contributed by atoms with Crippen molar-refractivity contribution in [3.8, 4) is 5.75 Å². The minimum Gasteiger partial charge on any atom is -0.483 e. The third-order valence-corrected chi connectivity index (χ3v) is 3.39. The topological polar surface area (TPSA) is 78.7 Å². The van der Waals surface area contributed by atoms with Gasteiger partial charge in [0.15, 0.2) is 5.75 Å². The molecule has 0 atom stereocenters. The van der Waals surface area contributed by atoms with Gasteiger partial charge >= 0.3 is 11.7 Å². The zero-order valence-corrected chi connectivity index (χ0v) is 11.8. The number of rotatable bonds is 5. The molecule has 1 aromatic rings. The smallest absolute Gasteiger partial charge is 0.330 e. The van der Waals surface area contributed by atoms with Gasteiger partial charge in [0, 0.05) is 12.1 Å². The van der Waals surface area contributed by atoms with Crippen molar-refractivity contribution in [2.45, 2.75) is 31.8 Å². The van der Waals surface area contributed by atoms with Crippen LogP contribution in [0.1, 0.15) is 31.2 Å². The molecule has 112 valence electrons. The van der Waals surface area contributed by atoms with Gasteiger partial charge in [-0.2, -0.15) is 0 Å². The molecule has 6 nitrogen and oxygen atoms in total. The monoisotopic (exact) mass is 291 g/mol. The van der Waals surface area contributed by atoms with Crippen LogP contribution < -0.4 is 4.74 Å². The zero-order chi connectivity index (χ0) is 15.2. The van der Waals surface area contributed by atoms with Crippen molar-refractivity contribution in [1.29, 1.82) is 0 Å². The van der Waals surface area contributed by atoms with E-state index in [1.54, 1.807) is 12.1 Å². The number of hydrogen-bond acceptors (Lipinski definition) is 5. The highest BCUT2D eigenvalue weighted by Crippen LogP contribution is 2.32. The molecule has 1 aromatic carbocycles. The average molecular weight is 291 g/mol. The molecule has 1 fully saturated rings. The summed E-state index contributed by atoms with van der Waals surface area (Å²) in [6.07, 6.45) is 6.83. The van der Waals surface area contributed by atoms with Crippen LogP contribution in [0.3, 0.4) is 0 Å². The van der Waals surface area contributed by atoms with Gasteiger partial charge in [0.1, 0.15) is 0 Å². The molecule has 1 aliphatic rings. The van der Waals surface area contributed by atoms with Crippen LogP contribution in [0.15, 0.2) is 24.3 Å². The van der Waals surface area contributed by atoms with E-state index in [2.05, 4.69) is 4.74 Å². The standard InChI is InChI=1S/C15H17NO5/c1-20-15(17)9-7-11-6-8-13(16(18)19)14(10-11)21-12-4-2-3-5-12/h6-10,12H,2-5H2,1H3/b9-7+. The van der Waals surface area contributed by atoms with Crippen LogP contribution in [-0.2, 0) is 9.53 Å². The van der Waals surface area contributed by atoms with Crippen molar-refractivity contribution >= 4 is 17.7 Å². The van der Waals surface area contributed by atoms with Gasteiger partial charge in [-0.25, -0.2) is 4.79 Å². The molecule has 0 aromatic heterocycles. The molecule has 0 N–H and O–H groups in total. The lowest BCUT2D eigenvalue weighted by Crippen LogP contribution is -2.12. The van der Waals surface area contributed by atoms with Gasteiger partial charge in [-0.1, -0.05) is 0 Å². The van der Waals surface area contributed by atoms with Gasteiger partial charge in [-0.15, -0.1) is 0 Å². The Labute approximate surface area is 122 Å². The number of hydrogen-bond donors (Lipinski definition) is 0. The predicted octanol–water partition coefficient (Wildman–Crippen LogP) is 3.10. The summed E-state index contributed by atoms with van der Waals surface area (Å²) in [6.45, 7) is 0. The van der Waals surface area contributed by atoms with E-state index in [4.69, 9.17) is 4.74 Å². The Kier molecular flexibility index (Phi) is 4.92. The first kappa shape index (κ1) is 15.0. The number of carbonyl (C=O) groups is 1. The highest BCUT2D eigenvalue weighted by Gasteiger charge is 2.22. The van der Waals surface area contributed by atoms with Crippen LogP contribution in [-0.4, -0.2) is 24.1 Å². The molecule has 0 amide bonds. The molecule has 0 aliphatic heterocycles. The average Bonchev–Trinajstić information content (AvgIpc) is 2.97. The molecule has 1 saturated carbocycles. The Bertz CT molecular complexity index is 561. The first-order valence-electron chi connectivity index (χ1n) is 6.81. The highest BCUT2D eigenvalue weighted by molar-refractivity contribution is 5.87. The normalized spacial score (nSPS) is 15.3. The highest BCUT2D eigenvalue weighted by atomic mass is 16.6. The minimum atomic E-state index is -0.480. The molecular weight excluding hydrogens is 274 g/mol. The lowest BCUT2D eigenvalue weighted by molar-refractivity contribution is -0.386. The number of esters is 1. The van der Waals surface area contributed by atoms with Crippen LogP contribution in [0.2, 0.25) is 0 Å². The number of methoxy groups -OCH3 is 1. The van der Waals surface area contributed by atoms with Gasteiger partial charge < -0.3 is 9.47 Å². The molecule has 0 radical (unpaired) electrons. The largest absolute Gasteiger partial charge is 0.483 e. The number of nitro groups is 1. The zero-order valence-electron chi connectivity index (χ0n) is 11.8. The van der Waals surface area contributed by atoms with Gasteiger partial charge in [0.05, 0.1) is 18.1 Å². The fraction of sp³-hybridized carbons (Fsp3) is 0.400. The first-order valence-corrected chi connectivity index (χ1v) is 6.81. The van der Waals surface area contributed by atoms with Crippen LogP contribution in [0.5, 0.6) is 5.75 Å². The maximum absolute atomic E-state index is 11.1. The molecule has 21 heavy (non-hydrogen) atoms. The van der Waals surface area contributed by atoms with Crippen molar-refractivity contribution in [3.63, 3.8) is 0 Å². The summed E-state index contributed by atoms with van der Waals surface area (Å²) in [7, 11) is 1.29. The van der Waals surface area contributed by atoms with Crippen LogP contribution in [0.4, 0.5) is 5.69 Å². The summed E-state index contributed by atoms with van der Waals surface area (Å²) >= 11 is 0. The summed E-state index contributed by atoms with van der Waals surface area (Å²) in [4.78, 5) is 21.7. The van der Waals surface area contributed by atoms with Gasteiger partial charge in [-0.3, -0.25) is 10.1 Å². The summed E-state index contributed by atoms with van der Waals surface area (Å²) in [5.74, 6) is -0.231. The minimum absolute atomic E-state index is 0.0311. The second-order valence-electron chi connectivity index (χ2n) is 4.87. The fourth-order valence-corrected chi connectivity index (χ4v) is 2.30. The van der Waals surface area contributed by atoms with Crippen LogP contribution in [0, 0.1) is 10.1 Å². The molecule has 1 aliphatic carbocycles. The Morgan fingerprint density at radius 2 is 2.10 bits per heavy atom. The molecular formula is C15H17NO5. The van der Waals surface area contributed by atoms with Crippen LogP contribution >= 0.6 is 0 Å². The van der Waals surface area contributed by atoms with Crippen molar-refractivity contribution in [2.75, 3.05) is 7.11 Å². The molecule has 0 heterocycles. The van der Waals surface area contributed by atoms with Crippen molar-refractivity contribution in [3.05, 3.63) is 40.0 Å². The number of benzene rings is 1. The maximum atomic E-state index is 11.1. The van der Waals surface area contributed by atoms with E-state index in [1.165, 1.54) is 25.3 Å². The number of nitro benzene ring substituents is 1. The summed E-state index contributed by atoms with van der Waals surface area (Å²) in [5.41, 5.74) is 0.594.